The lowest BCUT2D eigenvalue weighted by Crippen LogP contribution is -2.28. The Morgan fingerprint density at radius 3 is 2.73 bits per heavy atom. The molecule has 168 valence electrons. The molecule has 0 bridgehead atoms. The van der Waals surface area contributed by atoms with Crippen molar-refractivity contribution in [1.29, 1.82) is 0 Å². The van der Waals surface area contributed by atoms with E-state index in [1.807, 2.05) is 36.4 Å². The van der Waals surface area contributed by atoms with Gasteiger partial charge in [-0.2, -0.15) is 5.10 Å². The molecule has 1 atom stereocenters. The van der Waals surface area contributed by atoms with Crippen molar-refractivity contribution in [2.75, 3.05) is 18.7 Å². The molecule has 5 rings (SSSR count). The zero-order valence-electron chi connectivity index (χ0n) is 17.6. The second kappa shape index (κ2) is 8.87. The monoisotopic (exact) mass is 464 g/mol. The van der Waals surface area contributed by atoms with Crippen LogP contribution >= 0.6 is 11.8 Å². The number of methoxy groups -OCH3 is 1. The molecule has 33 heavy (non-hydrogen) atoms. The molecule has 1 aliphatic heterocycles. The summed E-state index contributed by atoms with van der Waals surface area (Å²) in [6, 6.07) is 14.2. The Labute approximate surface area is 193 Å². The van der Waals surface area contributed by atoms with Crippen LogP contribution in [-0.2, 0) is 4.79 Å². The second-order valence-electron chi connectivity index (χ2n) is 7.16. The fraction of sp³-hybridized carbons (Fsp3) is 0.182. The number of hydrazone groups is 1. The van der Waals surface area contributed by atoms with E-state index in [4.69, 9.17) is 19.4 Å². The van der Waals surface area contributed by atoms with Crippen LogP contribution in [0.1, 0.15) is 24.0 Å². The molecule has 11 heteroatoms. The van der Waals surface area contributed by atoms with Crippen molar-refractivity contribution in [3.63, 3.8) is 0 Å². The molecule has 4 aromatic rings. The van der Waals surface area contributed by atoms with Crippen molar-refractivity contribution in [3.05, 3.63) is 72.6 Å². The predicted molar refractivity (Wildman–Crippen MR) is 121 cm³/mol. The van der Waals surface area contributed by atoms with Gasteiger partial charge in [-0.3, -0.25) is 4.79 Å². The van der Waals surface area contributed by atoms with Gasteiger partial charge in [0.25, 0.3) is 5.91 Å². The second-order valence-corrected chi connectivity index (χ2v) is 8.11. The van der Waals surface area contributed by atoms with Crippen LogP contribution in [0, 0.1) is 0 Å². The van der Waals surface area contributed by atoms with E-state index in [0.29, 0.717) is 45.9 Å². The Bertz CT molecular complexity index is 1280. The average molecular weight is 465 g/mol. The van der Waals surface area contributed by atoms with Gasteiger partial charge in [0.15, 0.2) is 5.82 Å². The van der Waals surface area contributed by atoms with Crippen molar-refractivity contribution >= 4 is 23.4 Å². The van der Waals surface area contributed by atoms with E-state index >= 15 is 0 Å². The highest BCUT2D eigenvalue weighted by Crippen LogP contribution is 2.34. The smallest absolute Gasteiger partial charge is 0.253 e. The molecule has 0 spiro atoms. The van der Waals surface area contributed by atoms with Crippen LogP contribution in [0.5, 0.6) is 5.75 Å². The van der Waals surface area contributed by atoms with Crippen molar-refractivity contribution in [2.45, 2.75) is 17.6 Å². The van der Waals surface area contributed by atoms with Gasteiger partial charge in [0, 0.05) is 6.42 Å². The van der Waals surface area contributed by atoms with E-state index in [9.17, 15) is 4.79 Å². The van der Waals surface area contributed by atoms with Gasteiger partial charge < -0.3 is 19.4 Å². The summed E-state index contributed by atoms with van der Waals surface area (Å²) < 4.78 is 17.8. The summed E-state index contributed by atoms with van der Waals surface area (Å²) in [5.74, 6) is 8.41. The first-order valence-electron chi connectivity index (χ1n) is 10.1. The van der Waals surface area contributed by atoms with Crippen LogP contribution in [0.2, 0.25) is 0 Å². The third-order valence-corrected chi connectivity index (χ3v) is 6.11. The third kappa shape index (κ3) is 3.98. The molecule has 0 aliphatic carbocycles. The number of aromatic nitrogens is 3. The topological polar surface area (TPSA) is 125 Å². The summed E-state index contributed by atoms with van der Waals surface area (Å²) in [5, 5.41) is 14.7. The fourth-order valence-electron chi connectivity index (χ4n) is 3.62. The number of hydrogen-bond donors (Lipinski definition) is 1. The molecule has 3 aromatic heterocycles. The summed E-state index contributed by atoms with van der Waals surface area (Å²) in [5.41, 5.74) is 1.39. The summed E-state index contributed by atoms with van der Waals surface area (Å²) in [6.45, 7) is 0. The standard InChI is InChI=1S/C22H20N6O4S/c1-30-17-7-3-2-6-14(17)21-24-25-22(27(21)23)33-13-20(29)28-16(19-9-5-11-32-19)12-15(26-28)18-8-4-10-31-18/h2-11,16H,12-13,23H2,1H3. The number of carbonyl (C=O) groups is 1. The van der Waals surface area contributed by atoms with Gasteiger partial charge >= 0.3 is 0 Å². The number of carbonyl (C=O) groups excluding carboxylic acids is 1. The molecule has 0 fully saturated rings. The highest BCUT2D eigenvalue weighted by atomic mass is 32.2. The Balaban J connectivity index is 1.34. The molecule has 0 radical (unpaired) electrons. The van der Waals surface area contributed by atoms with E-state index in [1.165, 1.54) is 21.4 Å². The number of benzene rings is 1. The molecule has 1 aliphatic rings. The van der Waals surface area contributed by atoms with Gasteiger partial charge in [-0.15, -0.1) is 10.2 Å². The van der Waals surface area contributed by atoms with Crippen LogP contribution < -0.4 is 10.6 Å². The number of rotatable bonds is 7. The van der Waals surface area contributed by atoms with Gasteiger partial charge in [-0.1, -0.05) is 23.9 Å². The fourth-order valence-corrected chi connectivity index (χ4v) is 4.32. The third-order valence-electron chi connectivity index (χ3n) is 5.18. The van der Waals surface area contributed by atoms with Gasteiger partial charge in [0.2, 0.25) is 5.16 Å². The Morgan fingerprint density at radius 1 is 1.15 bits per heavy atom. The Kier molecular flexibility index (Phi) is 5.61. The van der Waals surface area contributed by atoms with Crippen molar-refractivity contribution in [3.8, 4) is 17.1 Å². The molecule has 10 nitrogen and oxygen atoms in total. The number of nitrogens with zero attached hydrogens (tertiary/aromatic N) is 5. The molecular formula is C22H20N6O4S. The van der Waals surface area contributed by atoms with Crippen LogP contribution in [0.3, 0.4) is 0 Å². The maximum Gasteiger partial charge on any atom is 0.253 e. The van der Waals surface area contributed by atoms with E-state index in [0.717, 1.165) is 0 Å². The molecule has 1 aromatic carbocycles. The highest BCUT2D eigenvalue weighted by Gasteiger charge is 2.35. The van der Waals surface area contributed by atoms with Gasteiger partial charge in [-0.05, 0) is 36.4 Å². The molecular weight excluding hydrogens is 444 g/mol. The lowest BCUT2D eigenvalue weighted by molar-refractivity contribution is -0.130. The maximum absolute atomic E-state index is 13.1. The molecule has 1 unspecified atom stereocenters. The largest absolute Gasteiger partial charge is 0.496 e. The Hall–Kier alpha value is -3.99. The lowest BCUT2D eigenvalue weighted by atomic mass is 10.1. The normalized spacial score (nSPS) is 15.6. The molecule has 1 amide bonds. The van der Waals surface area contributed by atoms with Crippen LogP contribution in [0.4, 0.5) is 0 Å². The predicted octanol–water partition coefficient (Wildman–Crippen LogP) is 3.32. The van der Waals surface area contributed by atoms with Crippen LogP contribution in [0.15, 0.2) is 80.1 Å². The number of hydrogen-bond acceptors (Lipinski definition) is 9. The average Bonchev–Trinajstić information content (AvgIpc) is 3.64. The zero-order chi connectivity index (χ0) is 22.8. The number of amides is 1. The molecule has 0 saturated carbocycles. The van der Waals surface area contributed by atoms with Crippen molar-refractivity contribution in [1.82, 2.24) is 19.9 Å². The summed E-state index contributed by atoms with van der Waals surface area (Å²) in [7, 11) is 1.58. The number of ether oxygens (including phenoxy) is 1. The summed E-state index contributed by atoms with van der Waals surface area (Å²) >= 11 is 1.18. The van der Waals surface area contributed by atoms with Crippen LogP contribution in [-0.4, -0.2) is 44.4 Å². The number of thioether (sulfide) groups is 1. The SMILES string of the molecule is COc1ccccc1-c1nnc(SCC(=O)N2N=C(c3ccco3)CC2c2ccco2)n1N. The van der Waals surface area contributed by atoms with Gasteiger partial charge in [0.05, 0.1) is 31.0 Å². The van der Waals surface area contributed by atoms with Crippen molar-refractivity contribution < 1.29 is 18.4 Å². The lowest BCUT2D eigenvalue weighted by Gasteiger charge is -2.19. The van der Waals surface area contributed by atoms with E-state index in [2.05, 4.69) is 15.3 Å². The molecule has 4 heterocycles. The first-order valence-corrected chi connectivity index (χ1v) is 11.1. The first-order chi connectivity index (χ1) is 16.2. The van der Waals surface area contributed by atoms with Gasteiger partial charge in [-0.25, -0.2) is 9.69 Å². The number of para-hydroxylation sites is 1. The molecule has 0 saturated heterocycles. The van der Waals surface area contributed by atoms with E-state index < -0.39 is 0 Å². The van der Waals surface area contributed by atoms with Crippen molar-refractivity contribution in [2.24, 2.45) is 5.10 Å². The zero-order valence-corrected chi connectivity index (χ0v) is 18.4. The van der Waals surface area contributed by atoms with Gasteiger partial charge in [0.1, 0.15) is 29.0 Å². The number of nitrogens with two attached hydrogens (primary N) is 1. The Morgan fingerprint density at radius 2 is 1.97 bits per heavy atom. The van der Waals surface area contributed by atoms with E-state index in [-0.39, 0.29) is 17.7 Å². The summed E-state index contributed by atoms with van der Waals surface area (Å²) in [6.07, 6.45) is 3.64. The first kappa shape index (κ1) is 20.9. The quantitative estimate of drug-likeness (QED) is 0.326. The maximum atomic E-state index is 13.1. The summed E-state index contributed by atoms with van der Waals surface area (Å²) in [4.78, 5) is 13.1. The minimum Gasteiger partial charge on any atom is -0.496 e. The highest BCUT2D eigenvalue weighted by molar-refractivity contribution is 7.99. The minimum absolute atomic E-state index is 0.0629. The minimum atomic E-state index is -0.354. The van der Waals surface area contributed by atoms with Crippen LogP contribution in [0.25, 0.3) is 11.4 Å². The molecule has 2 N–H and O–H groups in total. The number of nitrogen functional groups attached to an aromatic ring is 1. The number of furan rings is 2. The van der Waals surface area contributed by atoms with E-state index in [1.54, 1.807) is 31.8 Å².